The summed E-state index contributed by atoms with van der Waals surface area (Å²) in [7, 11) is 0. The van der Waals surface area contributed by atoms with Gasteiger partial charge in [-0.15, -0.1) is 0 Å². The summed E-state index contributed by atoms with van der Waals surface area (Å²) < 4.78 is 5.67. The molecule has 1 aliphatic carbocycles. The molecule has 1 aliphatic heterocycles. The molecule has 2 nitrogen and oxygen atoms in total. The van der Waals surface area contributed by atoms with Crippen molar-refractivity contribution in [2.75, 3.05) is 6.61 Å². The average Bonchev–Trinajstić information content (AvgIpc) is 2.68. The lowest BCUT2D eigenvalue weighted by molar-refractivity contribution is 0.0976. The predicted octanol–water partition coefficient (Wildman–Crippen LogP) is 2.77. The lowest BCUT2D eigenvalue weighted by Crippen LogP contribution is -2.36. The Morgan fingerprint density at radius 1 is 1.20 bits per heavy atom. The van der Waals surface area contributed by atoms with Crippen molar-refractivity contribution in [1.29, 1.82) is 0 Å². The Balaban J connectivity index is 1.93. The second-order valence-corrected chi connectivity index (χ2v) is 4.81. The van der Waals surface area contributed by atoms with Crippen LogP contribution in [0.15, 0.2) is 11.6 Å². The fourth-order valence-corrected chi connectivity index (χ4v) is 2.64. The van der Waals surface area contributed by atoms with Gasteiger partial charge in [0.1, 0.15) is 0 Å². The first-order valence-corrected chi connectivity index (χ1v) is 6.44. The van der Waals surface area contributed by atoms with Crippen LogP contribution in [-0.2, 0) is 4.74 Å². The first-order valence-electron chi connectivity index (χ1n) is 6.44. The van der Waals surface area contributed by atoms with Crippen LogP contribution in [0.3, 0.4) is 0 Å². The molecule has 2 atom stereocenters. The van der Waals surface area contributed by atoms with Crippen molar-refractivity contribution in [1.82, 2.24) is 0 Å². The summed E-state index contributed by atoms with van der Waals surface area (Å²) in [6.07, 6.45) is 12.8. The minimum Gasteiger partial charge on any atom is -0.376 e. The molecule has 0 amide bonds. The predicted molar refractivity (Wildman–Crippen MR) is 62.7 cm³/mol. The zero-order chi connectivity index (χ0) is 10.5. The summed E-state index contributed by atoms with van der Waals surface area (Å²) >= 11 is 0. The van der Waals surface area contributed by atoms with E-state index in [1.54, 1.807) is 0 Å². The van der Waals surface area contributed by atoms with Gasteiger partial charge in [0.05, 0.1) is 12.1 Å². The standard InChI is InChI=1S/C13H23NO/c14-13(12-9-6-10-15-12)11-7-4-2-1-3-5-8-11/h7,12-13H,1-6,8-10,14H2. The van der Waals surface area contributed by atoms with Crippen LogP contribution in [-0.4, -0.2) is 18.8 Å². The third kappa shape index (κ3) is 3.05. The quantitative estimate of drug-likeness (QED) is 0.710. The summed E-state index contributed by atoms with van der Waals surface area (Å²) in [6, 6.07) is 0.172. The maximum absolute atomic E-state index is 6.28. The maximum atomic E-state index is 6.28. The fourth-order valence-electron chi connectivity index (χ4n) is 2.64. The summed E-state index contributed by atoms with van der Waals surface area (Å²) in [6.45, 7) is 0.908. The Hall–Kier alpha value is -0.340. The molecular weight excluding hydrogens is 186 g/mol. The minimum atomic E-state index is 0.172. The first-order chi connectivity index (χ1) is 7.38. The van der Waals surface area contributed by atoms with Crippen LogP contribution in [0.1, 0.15) is 51.4 Å². The van der Waals surface area contributed by atoms with E-state index in [0.717, 1.165) is 13.0 Å². The van der Waals surface area contributed by atoms with E-state index in [9.17, 15) is 0 Å². The van der Waals surface area contributed by atoms with Crippen LogP contribution in [0.2, 0.25) is 0 Å². The summed E-state index contributed by atoms with van der Waals surface area (Å²) in [4.78, 5) is 0. The van der Waals surface area contributed by atoms with Crippen LogP contribution in [0.25, 0.3) is 0 Å². The number of hydrogen-bond acceptors (Lipinski definition) is 2. The highest BCUT2D eigenvalue weighted by molar-refractivity contribution is 5.13. The molecule has 2 N–H and O–H groups in total. The van der Waals surface area contributed by atoms with E-state index in [1.807, 2.05) is 0 Å². The zero-order valence-electron chi connectivity index (χ0n) is 9.58. The van der Waals surface area contributed by atoms with Crippen molar-refractivity contribution < 1.29 is 4.74 Å². The summed E-state index contributed by atoms with van der Waals surface area (Å²) in [5, 5.41) is 0. The van der Waals surface area contributed by atoms with Crippen LogP contribution >= 0.6 is 0 Å². The summed E-state index contributed by atoms with van der Waals surface area (Å²) in [5.74, 6) is 0. The lowest BCUT2D eigenvalue weighted by Gasteiger charge is -2.23. The molecular formula is C13H23NO. The Bertz CT molecular complexity index is 219. The van der Waals surface area contributed by atoms with E-state index in [2.05, 4.69) is 6.08 Å². The molecule has 2 unspecified atom stereocenters. The number of allylic oxidation sites excluding steroid dienone is 1. The minimum absolute atomic E-state index is 0.172. The normalized spacial score (nSPS) is 30.5. The lowest BCUT2D eigenvalue weighted by atomic mass is 9.92. The average molecular weight is 209 g/mol. The molecule has 0 aromatic rings. The molecule has 1 heterocycles. The Kier molecular flexibility index (Phi) is 4.21. The van der Waals surface area contributed by atoms with Gasteiger partial charge in [-0.05, 0) is 38.5 Å². The topological polar surface area (TPSA) is 35.2 Å². The van der Waals surface area contributed by atoms with Gasteiger partial charge >= 0.3 is 0 Å². The molecule has 0 spiro atoms. The van der Waals surface area contributed by atoms with Gasteiger partial charge in [-0.2, -0.15) is 0 Å². The van der Waals surface area contributed by atoms with Gasteiger partial charge in [-0.3, -0.25) is 0 Å². The van der Waals surface area contributed by atoms with Crippen LogP contribution in [0.5, 0.6) is 0 Å². The number of hydrogen-bond donors (Lipinski definition) is 1. The van der Waals surface area contributed by atoms with Gasteiger partial charge in [0.25, 0.3) is 0 Å². The van der Waals surface area contributed by atoms with Crippen LogP contribution in [0, 0.1) is 0 Å². The Morgan fingerprint density at radius 2 is 2.07 bits per heavy atom. The molecule has 0 bridgehead atoms. The Morgan fingerprint density at radius 3 is 2.87 bits per heavy atom. The molecule has 2 heteroatoms. The van der Waals surface area contributed by atoms with Gasteiger partial charge in [-0.25, -0.2) is 0 Å². The molecule has 2 aliphatic rings. The molecule has 15 heavy (non-hydrogen) atoms. The molecule has 0 aromatic carbocycles. The molecule has 86 valence electrons. The molecule has 0 saturated carbocycles. The first kappa shape index (κ1) is 11.2. The van der Waals surface area contributed by atoms with Crippen molar-refractivity contribution in [3.05, 3.63) is 11.6 Å². The van der Waals surface area contributed by atoms with E-state index in [-0.39, 0.29) is 6.04 Å². The molecule has 0 aromatic heterocycles. The van der Waals surface area contributed by atoms with Crippen molar-refractivity contribution in [3.63, 3.8) is 0 Å². The van der Waals surface area contributed by atoms with Crippen molar-refractivity contribution >= 4 is 0 Å². The second-order valence-electron chi connectivity index (χ2n) is 4.81. The van der Waals surface area contributed by atoms with Crippen molar-refractivity contribution in [3.8, 4) is 0 Å². The third-order valence-corrected chi connectivity index (χ3v) is 3.62. The van der Waals surface area contributed by atoms with E-state index in [4.69, 9.17) is 10.5 Å². The Labute approximate surface area is 92.9 Å². The highest BCUT2D eigenvalue weighted by Crippen LogP contribution is 2.24. The van der Waals surface area contributed by atoms with Crippen molar-refractivity contribution in [2.24, 2.45) is 5.73 Å². The molecule has 1 saturated heterocycles. The largest absolute Gasteiger partial charge is 0.376 e. The van der Waals surface area contributed by atoms with Gasteiger partial charge in [0, 0.05) is 6.61 Å². The van der Waals surface area contributed by atoms with E-state index in [0.29, 0.717) is 6.10 Å². The van der Waals surface area contributed by atoms with Crippen LogP contribution < -0.4 is 5.73 Å². The van der Waals surface area contributed by atoms with Gasteiger partial charge in [0.2, 0.25) is 0 Å². The second kappa shape index (κ2) is 5.66. The monoisotopic (exact) mass is 209 g/mol. The van der Waals surface area contributed by atoms with Gasteiger partial charge in [0.15, 0.2) is 0 Å². The summed E-state index contributed by atoms with van der Waals surface area (Å²) in [5.41, 5.74) is 7.74. The van der Waals surface area contributed by atoms with Crippen LogP contribution in [0.4, 0.5) is 0 Å². The number of ether oxygens (including phenoxy) is 1. The molecule has 2 rings (SSSR count). The van der Waals surface area contributed by atoms with E-state index >= 15 is 0 Å². The SMILES string of the molecule is NC(C1=CCCCCCC1)C1CCCO1. The van der Waals surface area contributed by atoms with Crippen molar-refractivity contribution in [2.45, 2.75) is 63.5 Å². The smallest absolute Gasteiger partial charge is 0.0765 e. The zero-order valence-corrected chi connectivity index (χ0v) is 9.58. The van der Waals surface area contributed by atoms with Gasteiger partial charge in [-0.1, -0.05) is 24.5 Å². The highest BCUT2D eigenvalue weighted by Gasteiger charge is 2.25. The van der Waals surface area contributed by atoms with E-state index < -0.39 is 0 Å². The highest BCUT2D eigenvalue weighted by atomic mass is 16.5. The third-order valence-electron chi connectivity index (χ3n) is 3.62. The van der Waals surface area contributed by atoms with Gasteiger partial charge < -0.3 is 10.5 Å². The fraction of sp³-hybridized carbons (Fsp3) is 0.846. The maximum Gasteiger partial charge on any atom is 0.0765 e. The number of rotatable bonds is 2. The molecule has 0 radical (unpaired) electrons. The van der Waals surface area contributed by atoms with E-state index in [1.165, 1.54) is 50.5 Å². The molecule has 1 fully saturated rings. The number of nitrogens with two attached hydrogens (primary N) is 1.